The fourth-order valence-electron chi connectivity index (χ4n) is 4.20. The molecule has 0 aromatic heterocycles. The number of hydrogen-bond donors (Lipinski definition) is 0. The number of carbonyl (C=O) groups is 1. The molecule has 0 radical (unpaired) electrons. The zero-order chi connectivity index (χ0) is 18.6. The number of hydrogen-bond acceptors (Lipinski definition) is 2. The first-order valence-electron chi connectivity index (χ1n) is 9.85. The molecule has 2 saturated heterocycles. The molecular weight excluding hydrogens is 341 g/mol. The van der Waals surface area contributed by atoms with E-state index in [2.05, 4.69) is 29.3 Å². The number of aryl methyl sites for hydroxylation is 1. The van der Waals surface area contributed by atoms with Crippen LogP contribution in [0.3, 0.4) is 0 Å². The van der Waals surface area contributed by atoms with Crippen LogP contribution in [-0.4, -0.2) is 42.2 Å². The number of para-hydroxylation sites is 1. The van der Waals surface area contributed by atoms with Gasteiger partial charge in [-0.1, -0.05) is 42.5 Å². The maximum atomic E-state index is 14.1. The highest BCUT2D eigenvalue weighted by molar-refractivity contribution is 5.93. The number of hydrazine groups is 1. The number of rotatable bonds is 5. The molecule has 1 unspecified atom stereocenters. The van der Waals surface area contributed by atoms with Crippen LogP contribution in [0.15, 0.2) is 54.6 Å². The molecule has 27 heavy (non-hydrogen) atoms. The Kier molecular flexibility index (Phi) is 5.39. The first-order chi connectivity index (χ1) is 13.2. The zero-order valence-corrected chi connectivity index (χ0v) is 15.6. The van der Waals surface area contributed by atoms with Crippen molar-refractivity contribution in [1.29, 1.82) is 0 Å². The molecule has 1 atom stereocenters. The van der Waals surface area contributed by atoms with Gasteiger partial charge in [0.05, 0.1) is 12.2 Å². The Morgan fingerprint density at radius 2 is 1.74 bits per heavy atom. The first-order valence-corrected chi connectivity index (χ1v) is 9.85. The SMILES string of the molecule is O=C1N(c2ccccc2F)CCN1N1CCCC(CCc2ccccc2)C1. The second-order valence-electron chi connectivity index (χ2n) is 7.45. The Morgan fingerprint density at radius 1 is 0.963 bits per heavy atom. The maximum Gasteiger partial charge on any atom is 0.339 e. The summed E-state index contributed by atoms with van der Waals surface area (Å²) in [7, 11) is 0. The van der Waals surface area contributed by atoms with E-state index in [1.807, 2.05) is 11.1 Å². The van der Waals surface area contributed by atoms with Gasteiger partial charge in [-0.05, 0) is 49.3 Å². The molecule has 4 nitrogen and oxygen atoms in total. The molecule has 2 heterocycles. The lowest BCUT2D eigenvalue weighted by Gasteiger charge is -2.38. The van der Waals surface area contributed by atoms with E-state index in [4.69, 9.17) is 0 Å². The monoisotopic (exact) mass is 367 g/mol. The van der Waals surface area contributed by atoms with Crippen LogP contribution in [0.5, 0.6) is 0 Å². The summed E-state index contributed by atoms with van der Waals surface area (Å²) in [5.41, 5.74) is 1.75. The number of anilines is 1. The van der Waals surface area contributed by atoms with Crippen molar-refractivity contribution in [3.63, 3.8) is 0 Å². The average Bonchev–Trinajstić information content (AvgIpc) is 3.09. The molecule has 142 valence electrons. The number of halogens is 1. The third-order valence-electron chi connectivity index (χ3n) is 5.65. The summed E-state index contributed by atoms with van der Waals surface area (Å²) in [6, 6.07) is 17.0. The third kappa shape index (κ3) is 3.98. The average molecular weight is 367 g/mol. The van der Waals surface area contributed by atoms with Crippen molar-refractivity contribution >= 4 is 11.7 Å². The Balaban J connectivity index is 1.37. The molecular formula is C22H26FN3O. The first kappa shape index (κ1) is 18.0. The number of carbonyl (C=O) groups excluding carboxylic acids is 1. The van der Waals surface area contributed by atoms with Gasteiger partial charge in [-0.3, -0.25) is 9.91 Å². The van der Waals surface area contributed by atoms with Crippen LogP contribution in [0.2, 0.25) is 0 Å². The fourth-order valence-corrected chi connectivity index (χ4v) is 4.20. The van der Waals surface area contributed by atoms with Gasteiger partial charge >= 0.3 is 6.03 Å². The molecule has 0 spiro atoms. The van der Waals surface area contributed by atoms with Crippen LogP contribution in [0.1, 0.15) is 24.8 Å². The molecule has 2 aliphatic rings. The number of nitrogens with zero attached hydrogens (tertiary/aromatic N) is 3. The van der Waals surface area contributed by atoms with E-state index < -0.39 is 0 Å². The maximum absolute atomic E-state index is 14.1. The van der Waals surface area contributed by atoms with Gasteiger partial charge in [0.15, 0.2) is 0 Å². The quantitative estimate of drug-likeness (QED) is 0.787. The number of amides is 2. The minimum Gasteiger partial charge on any atom is -0.288 e. The predicted octanol–water partition coefficient (Wildman–Crippen LogP) is 4.33. The van der Waals surface area contributed by atoms with E-state index >= 15 is 0 Å². The van der Waals surface area contributed by atoms with Gasteiger partial charge in [-0.2, -0.15) is 0 Å². The lowest BCUT2D eigenvalue weighted by molar-refractivity contribution is -0.00551. The molecule has 0 N–H and O–H groups in total. The van der Waals surface area contributed by atoms with Crippen LogP contribution in [0.4, 0.5) is 14.9 Å². The molecule has 0 bridgehead atoms. The van der Waals surface area contributed by atoms with Gasteiger partial charge in [0.1, 0.15) is 5.82 Å². The smallest absolute Gasteiger partial charge is 0.288 e. The Morgan fingerprint density at radius 3 is 2.56 bits per heavy atom. The third-order valence-corrected chi connectivity index (χ3v) is 5.65. The summed E-state index contributed by atoms with van der Waals surface area (Å²) in [6.45, 7) is 2.96. The van der Waals surface area contributed by atoms with Gasteiger partial charge in [0.2, 0.25) is 0 Å². The van der Waals surface area contributed by atoms with Gasteiger partial charge in [0.25, 0.3) is 0 Å². The van der Waals surface area contributed by atoms with Gasteiger partial charge in [-0.25, -0.2) is 14.2 Å². The lowest BCUT2D eigenvalue weighted by Crippen LogP contribution is -2.50. The summed E-state index contributed by atoms with van der Waals surface area (Å²) in [4.78, 5) is 14.4. The molecule has 2 fully saturated rings. The molecule has 5 heteroatoms. The summed E-state index contributed by atoms with van der Waals surface area (Å²) in [6.07, 6.45) is 4.53. The van der Waals surface area contributed by atoms with Crippen molar-refractivity contribution in [3.05, 3.63) is 66.0 Å². The highest BCUT2D eigenvalue weighted by atomic mass is 19.1. The molecule has 2 aromatic carbocycles. The van der Waals surface area contributed by atoms with Gasteiger partial charge in [0, 0.05) is 19.6 Å². The zero-order valence-electron chi connectivity index (χ0n) is 15.6. The molecule has 0 aliphatic carbocycles. The molecule has 0 saturated carbocycles. The highest BCUT2D eigenvalue weighted by Gasteiger charge is 2.36. The number of piperidine rings is 1. The van der Waals surface area contributed by atoms with E-state index in [1.54, 1.807) is 23.1 Å². The van der Waals surface area contributed by atoms with Gasteiger partial charge < -0.3 is 0 Å². The topological polar surface area (TPSA) is 26.8 Å². The summed E-state index contributed by atoms with van der Waals surface area (Å²) >= 11 is 0. The van der Waals surface area contributed by atoms with E-state index in [1.165, 1.54) is 18.1 Å². The Labute approximate surface area is 160 Å². The van der Waals surface area contributed by atoms with Crippen LogP contribution >= 0.6 is 0 Å². The summed E-state index contributed by atoms with van der Waals surface area (Å²) < 4.78 is 14.1. The van der Waals surface area contributed by atoms with Crippen molar-refractivity contribution < 1.29 is 9.18 Å². The normalized spacial score (nSPS) is 21.1. The number of urea groups is 1. The highest BCUT2D eigenvalue weighted by Crippen LogP contribution is 2.28. The Bertz CT molecular complexity index is 782. The molecule has 2 aromatic rings. The van der Waals surface area contributed by atoms with E-state index in [9.17, 15) is 9.18 Å². The van der Waals surface area contributed by atoms with E-state index in [0.29, 0.717) is 24.7 Å². The summed E-state index contributed by atoms with van der Waals surface area (Å²) in [5, 5.41) is 4.00. The second kappa shape index (κ2) is 8.09. The van der Waals surface area contributed by atoms with Crippen LogP contribution in [0.25, 0.3) is 0 Å². The van der Waals surface area contributed by atoms with Crippen molar-refractivity contribution in [2.75, 3.05) is 31.1 Å². The minimum atomic E-state index is -0.341. The molecule has 4 rings (SSSR count). The van der Waals surface area contributed by atoms with Crippen molar-refractivity contribution in [3.8, 4) is 0 Å². The van der Waals surface area contributed by atoms with E-state index in [-0.39, 0.29) is 11.8 Å². The molecule has 2 aliphatic heterocycles. The fraction of sp³-hybridized carbons (Fsp3) is 0.409. The predicted molar refractivity (Wildman–Crippen MR) is 105 cm³/mol. The van der Waals surface area contributed by atoms with Crippen molar-refractivity contribution in [2.24, 2.45) is 5.92 Å². The minimum absolute atomic E-state index is 0.108. The van der Waals surface area contributed by atoms with Crippen LogP contribution < -0.4 is 4.90 Å². The lowest BCUT2D eigenvalue weighted by atomic mass is 9.92. The van der Waals surface area contributed by atoms with Crippen LogP contribution in [0, 0.1) is 11.7 Å². The number of benzene rings is 2. The summed E-state index contributed by atoms with van der Waals surface area (Å²) in [5.74, 6) is 0.251. The van der Waals surface area contributed by atoms with E-state index in [0.717, 1.165) is 32.4 Å². The largest absolute Gasteiger partial charge is 0.339 e. The standard InChI is InChI=1S/C22H26FN3O/c23-20-10-4-5-11-21(20)25-15-16-26(22(25)27)24-14-6-9-19(17-24)13-12-18-7-2-1-3-8-18/h1-5,7-8,10-11,19H,6,9,12-17H2. The second-order valence-corrected chi connectivity index (χ2v) is 7.45. The van der Waals surface area contributed by atoms with Crippen molar-refractivity contribution in [2.45, 2.75) is 25.7 Å². The van der Waals surface area contributed by atoms with Crippen molar-refractivity contribution in [1.82, 2.24) is 10.0 Å². The molecule has 2 amide bonds. The Hall–Kier alpha value is -2.40. The van der Waals surface area contributed by atoms with Gasteiger partial charge in [-0.15, -0.1) is 0 Å². The van der Waals surface area contributed by atoms with Crippen LogP contribution in [-0.2, 0) is 6.42 Å².